The van der Waals surface area contributed by atoms with Crippen molar-refractivity contribution in [2.75, 3.05) is 25.4 Å². The molecule has 150 valence electrons. The second-order valence-electron chi connectivity index (χ2n) is 6.35. The van der Waals surface area contributed by atoms with Crippen LogP contribution in [-0.2, 0) is 6.42 Å². The Bertz CT molecular complexity index is 691. The molecule has 0 bridgehead atoms. The predicted octanol–water partition coefficient (Wildman–Crippen LogP) is 4.10. The summed E-state index contributed by atoms with van der Waals surface area (Å²) in [5.41, 5.74) is 9.31. The summed E-state index contributed by atoms with van der Waals surface area (Å²) in [6.45, 7) is 8.78. The second kappa shape index (κ2) is 12.6. The topological polar surface area (TPSA) is 58.4 Å². The summed E-state index contributed by atoms with van der Waals surface area (Å²) in [6.07, 6.45) is 0.915. The summed E-state index contributed by atoms with van der Waals surface area (Å²) in [6, 6.07) is 16.1. The van der Waals surface area contributed by atoms with Gasteiger partial charge in [0.1, 0.15) is 0 Å². The summed E-state index contributed by atoms with van der Waals surface area (Å²) >= 11 is 0. The molecule has 1 atom stereocenters. The lowest BCUT2D eigenvalue weighted by Crippen LogP contribution is -2.45. The first-order chi connectivity index (χ1) is 12.0. The van der Waals surface area contributed by atoms with Crippen LogP contribution in [0.15, 0.2) is 48.5 Å². The normalized spacial score (nSPS) is 11.3. The molecule has 3 N–H and O–H groups in total. The summed E-state index contributed by atoms with van der Waals surface area (Å²) in [5.74, 6) is -0.0602. The minimum Gasteiger partial charge on any atom is -0.399 e. The molecule has 0 saturated heterocycles. The number of nitrogens with zero attached hydrogens (tertiary/aromatic N) is 1. The van der Waals surface area contributed by atoms with Gasteiger partial charge in [-0.3, -0.25) is 9.69 Å². The number of nitrogens with two attached hydrogens (primary N) is 1. The average molecular weight is 412 g/mol. The number of amides is 1. The maximum Gasteiger partial charge on any atom is 0.251 e. The molecule has 1 unspecified atom stereocenters. The van der Waals surface area contributed by atoms with E-state index in [1.807, 2.05) is 25.1 Å². The summed E-state index contributed by atoms with van der Waals surface area (Å²) < 4.78 is 0. The smallest absolute Gasteiger partial charge is 0.251 e. The van der Waals surface area contributed by atoms with E-state index in [0.29, 0.717) is 17.8 Å². The number of nitrogen functional groups attached to an aromatic ring is 1. The highest BCUT2D eigenvalue weighted by atomic mass is 35.5. The van der Waals surface area contributed by atoms with Gasteiger partial charge in [-0.1, -0.05) is 50.2 Å². The molecule has 2 aromatic carbocycles. The van der Waals surface area contributed by atoms with Gasteiger partial charge in [-0.2, -0.15) is 0 Å². The molecule has 0 aliphatic rings. The Hall–Kier alpha value is -1.75. The zero-order valence-electron chi connectivity index (χ0n) is 16.3. The van der Waals surface area contributed by atoms with Gasteiger partial charge in [-0.15, -0.1) is 24.8 Å². The number of aryl methyl sites for hydroxylation is 1. The fourth-order valence-electron chi connectivity index (χ4n) is 3.15. The van der Waals surface area contributed by atoms with Crippen molar-refractivity contribution in [2.45, 2.75) is 33.2 Å². The van der Waals surface area contributed by atoms with Crippen LogP contribution >= 0.6 is 24.8 Å². The number of nitrogens with one attached hydrogen (secondary N) is 1. The molecule has 4 nitrogen and oxygen atoms in total. The summed E-state index contributed by atoms with van der Waals surface area (Å²) in [4.78, 5) is 15.0. The molecule has 0 radical (unpaired) electrons. The second-order valence-corrected chi connectivity index (χ2v) is 6.35. The van der Waals surface area contributed by atoms with Gasteiger partial charge in [0.2, 0.25) is 0 Å². The number of rotatable bonds is 8. The number of benzene rings is 2. The van der Waals surface area contributed by atoms with Crippen molar-refractivity contribution in [3.05, 3.63) is 65.2 Å². The minimum absolute atomic E-state index is 0. The Labute approximate surface area is 175 Å². The third-order valence-electron chi connectivity index (χ3n) is 4.65. The van der Waals surface area contributed by atoms with Crippen molar-refractivity contribution in [3.8, 4) is 0 Å². The highest BCUT2D eigenvalue weighted by molar-refractivity contribution is 5.96. The highest BCUT2D eigenvalue weighted by Crippen LogP contribution is 2.13. The minimum atomic E-state index is -0.0602. The number of halogens is 2. The Kier molecular flexibility index (Phi) is 11.8. The first kappa shape index (κ1) is 25.2. The van der Waals surface area contributed by atoms with Gasteiger partial charge in [-0.25, -0.2) is 0 Å². The Morgan fingerprint density at radius 1 is 1.07 bits per heavy atom. The first-order valence-corrected chi connectivity index (χ1v) is 8.97. The molecule has 0 aromatic heterocycles. The predicted molar refractivity (Wildman–Crippen MR) is 119 cm³/mol. The Morgan fingerprint density at radius 3 is 2.30 bits per heavy atom. The van der Waals surface area contributed by atoms with Gasteiger partial charge in [0.15, 0.2) is 0 Å². The lowest BCUT2D eigenvalue weighted by atomic mass is 10.0. The van der Waals surface area contributed by atoms with E-state index in [-0.39, 0.29) is 36.8 Å². The summed E-state index contributed by atoms with van der Waals surface area (Å²) in [7, 11) is 0. The fourth-order valence-corrected chi connectivity index (χ4v) is 3.15. The highest BCUT2D eigenvalue weighted by Gasteiger charge is 2.18. The number of hydrogen-bond acceptors (Lipinski definition) is 3. The SMILES string of the molecule is CCN(CC)C(CNC(=O)c1cc(N)ccc1C)Cc1ccccc1.Cl.Cl. The van der Waals surface area contributed by atoms with Gasteiger partial charge >= 0.3 is 0 Å². The molecule has 0 aliphatic carbocycles. The number of likely N-dealkylation sites (N-methyl/N-ethyl adjacent to an activating group) is 1. The fraction of sp³-hybridized carbons (Fsp3) is 0.381. The van der Waals surface area contributed by atoms with Gasteiger partial charge in [0.05, 0.1) is 0 Å². The first-order valence-electron chi connectivity index (χ1n) is 8.97. The van der Waals surface area contributed by atoms with Crippen molar-refractivity contribution in [2.24, 2.45) is 0 Å². The zero-order valence-corrected chi connectivity index (χ0v) is 17.9. The molecule has 0 fully saturated rings. The zero-order chi connectivity index (χ0) is 18.2. The molecule has 0 saturated carbocycles. The lowest BCUT2D eigenvalue weighted by Gasteiger charge is -2.30. The van der Waals surface area contributed by atoms with Crippen molar-refractivity contribution in [3.63, 3.8) is 0 Å². The monoisotopic (exact) mass is 411 g/mol. The van der Waals surface area contributed by atoms with Gasteiger partial charge in [-0.05, 0) is 49.7 Å². The van der Waals surface area contributed by atoms with E-state index >= 15 is 0 Å². The number of carbonyl (C=O) groups is 1. The van der Waals surface area contributed by atoms with Crippen molar-refractivity contribution < 1.29 is 4.79 Å². The molecule has 27 heavy (non-hydrogen) atoms. The molecule has 6 heteroatoms. The lowest BCUT2D eigenvalue weighted by molar-refractivity contribution is 0.0934. The van der Waals surface area contributed by atoms with E-state index in [0.717, 1.165) is 25.1 Å². The van der Waals surface area contributed by atoms with Crippen LogP contribution in [0, 0.1) is 6.92 Å². The van der Waals surface area contributed by atoms with E-state index in [2.05, 4.69) is 48.3 Å². The standard InChI is InChI=1S/C21H29N3O.2ClH/c1-4-24(5-2)19(13-17-9-7-6-8-10-17)15-23-21(25)20-14-18(22)12-11-16(20)3;;/h6-12,14,19H,4-5,13,15,22H2,1-3H3,(H,23,25);2*1H. The molecule has 0 aliphatic heterocycles. The average Bonchev–Trinajstić information content (AvgIpc) is 2.63. The van der Waals surface area contributed by atoms with Gasteiger partial charge in [0, 0.05) is 23.8 Å². The van der Waals surface area contributed by atoms with Crippen molar-refractivity contribution >= 4 is 36.4 Å². The van der Waals surface area contributed by atoms with Crippen LogP contribution in [0.1, 0.15) is 35.3 Å². The Balaban J connectivity index is 0.00000338. The quantitative estimate of drug-likeness (QED) is 0.642. The van der Waals surface area contributed by atoms with Crippen molar-refractivity contribution in [1.82, 2.24) is 10.2 Å². The van der Waals surface area contributed by atoms with Crippen molar-refractivity contribution in [1.29, 1.82) is 0 Å². The molecule has 0 spiro atoms. The van der Waals surface area contributed by atoms with Crippen LogP contribution < -0.4 is 11.1 Å². The molecule has 1 amide bonds. The van der Waals surface area contributed by atoms with E-state index < -0.39 is 0 Å². The Morgan fingerprint density at radius 2 is 1.70 bits per heavy atom. The van der Waals surface area contributed by atoms with E-state index in [4.69, 9.17) is 5.73 Å². The van der Waals surface area contributed by atoms with Gasteiger partial charge in [0.25, 0.3) is 5.91 Å². The molecule has 2 aromatic rings. The van der Waals surface area contributed by atoms with E-state index in [1.165, 1.54) is 5.56 Å². The molecule has 2 rings (SSSR count). The van der Waals surface area contributed by atoms with E-state index in [9.17, 15) is 4.79 Å². The maximum atomic E-state index is 12.6. The maximum absolute atomic E-state index is 12.6. The largest absolute Gasteiger partial charge is 0.399 e. The van der Waals surface area contributed by atoms with Crippen LogP contribution in [0.5, 0.6) is 0 Å². The van der Waals surface area contributed by atoms with Gasteiger partial charge < -0.3 is 11.1 Å². The number of anilines is 1. The molecule has 0 heterocycles. The van der Waals surface area contributed by atoms with Crippen LogP contribution in [0.25, 0.3) is 0 Å². The number of carbonyl (C=O) groups excluding carboxylic acids is 1. The van der Waals surface area contributed by atoms with Crippen LogP contribution in [0.2, 0.25) is 0 Å². The van der Waals surface area contributed by atoms with Crippen LogP contribution in [0.4, 0.5) is 5.69 Å². The number of hydrogen-bond donors (Lipinski definition) is 2. The third kappa shape index (κ3) is 7.41. The molecular formula is C21H31Cl2N3O. The molecular weight excluding hydrogens is 381 g/mol. The van der Waals surface area contributed by atoms with Crippen LogP contribution in [0.3, 0.4) is 0 Å². The van der Waals surface area contributed by atoms with E-state index in [1.54, 1.807) is 6.07 Å². The van der Waals surface area contributed by atoms with Crippen LogP contribution in [-0.4, -0.2) is 36.5 Å². The summed E-state index contributed by atoms with van der Waals surface area (Å²) in [5, 5.41) is 3.10. The third-order valence-corrected chi connectivity index (χ3v) is 4.65.